The molecule has 2 heterocycles. The average Bonchev–Trinajstić information content (AvgIpc) is 3.37. The van der Waals surface area contributed by atoms with Crippen LogP contribution in [0.5, 0.6) is 0 Å². The fourth-order valence-electron chi connectivity index (χ4n) is 3.70. The summed E-state index contributed by atoms with van der Waals surface area (Å²) >= 11 is 3.42. The van der Waals surface area contributed by atoms with E-state index in [4.69, 9.17) is 0 Å². The highest BCUT2D eigenvalue weighted by Crippen LogP contribution is 2.39. The quantitative estimate of drug-likeness (QED) is 0.337. The number of halogens is 1. The molecule has 1 saturated heterocycles. The molecule has 1 amide bonds. The van der Waals surface area contributed by atoms with E-state index in [2.05, 4.69) is 20.9 Å². The summed E-state index contributed by atoms with van der Waals surface area (Å²) in [4.78, 5) is 31.4. The number of benzene rings is 2. The second-order valence-electron chi connectivity index (χ2n) is 7.06. The summed E-state index contributed by atoms with van der Waals surface area (Å²) < 4.78 is 2.82. The number of carbonyl (C=O) groups is 2. The van der Waals surface area contributed by atoms with E-state index < -0.39 is 17.7 Å². The second-order valence-corrected chi connectivity index (χ2v) is 7.98. The fraction of sp³-hybridized carbons (Fsp3) is 0.174. The Morgan fingerprint density at radius 1 is 1.03 bits per heavy atom. The van der Waals surface area contributed by atoms with E-state index in [9.17, 15) is 14.7 Å². The van der Waals surface area contributed by atoms with Gasteiger partial charge in [-0.1, -0.05) is 58.4 Å². The van der Waals surface area contributed by atoms with E-state index in [0.717, 1.165) is 10.0 Å². The van der Waals surface area contributed by atoms with Crippen LogP contribution in [0.25, 0.3) is 5.76 Å². The van der Waals surface area contributed by atoms with Crippen LogP contribution >= 0.6 is 15.9 Å². The molecule has 0 aliphatic carbocycles. The lowest BCUT2D eigenvalue weighted by Crippen LogP contribution is -2.31. The van der Waals surface area contributed by atoms with Gasteiger partial charge in [-0.15, -0.1) is 0 Å². The van der Waals surface area contributed by atoms with Crippen molar-refractivity contribution in [3.63, 3.8) is 0 Å². The van der Waals surface area contributed by atoms with Crippen LogP contribution in [0.2, 0.25) is 0 Å². The molecule has 1 fully saturated rings. The van der Waals surface area contributed by atoms with E-state index in [0.29, 0.717) is 25.1 Å². The number of hydrogen-bond acceptors (Lipinski definition) is 4. The normalized spacial score (nSPS) is 18.2. The predicted octanol–water partition coefficient (Wildman–Crippen LogP) is 4.16. The van der Waals surface area contributed by atoms with Crippen LogP contribution in [0.15, 0.2) is 83.4 Å². The Balaban J connectivity index is 1.72. The first kappa shape index (κ1) is 20.1. The highest BCUT2D eigenvalue weighted by Gasteiger charge is 2.45. The monoisotopic (exact) mass is 465 g/mol. The van der Waals surface area contributed by atoms with Gasteiger partial charge >= 0.3 is 0 Å². The van der Waals surface area contributed by atoms with E-state index in [1.165, 1.54) is 0 Å². The first-order chi connectivity index (χ1) is 14.6. The minimum absolute atomic E-state index is 0.121. The lowest BCUT2D eigenvalue weighted by molar-refractivity contribution is -0.139. The van der Waals surface area contributed by atoms with Gasteiger partial charge in [-0.05, 0) is 24.1 Å². The number of hydrogen-bond donors (Lipinski definition) is 1. The van der Waals surface area contributed by atoms with Gasteiger partial charge < -0.3 is 14.6 Å². The minimum atomic E-state index is -0.660. The third kappa shape index (κ3) is 3.93. The maximum Gasteiger partial charge on any atom is 0.295 e. The number of aromatic nitrogens is 2. The molecule has 30 heavy (non-hydrogen) atoms. The Kier molecular flexibility index (Phi) is 5.81. The Morgan fingerprint density at radius 2 is 1.77 bits per heavy atom. The second kappa shape index (κ2) is 8.67. The number of carbonyl (C=O) groups excluding carboxylic acids is 2. The van der Waals surface area contributed by atoms with E-state index in [-0.39, 0.29) is 11.3 Å². The Bertz CT molecular complexity index is 1080. The molecule has 0 bridgehead atoms. The van der Waals surface area contributed by atoms with Crippen LogP contribution in [-0.4, -0.2) is 37.8 Å². The number of amides is 1. The topological polar surface area (TPSA) is 75.4 Å². The number of aliphatic hydroxyl groups is 1. The van der Waals surface area contributed by atoms with Crippen LogP contribution in [0.1, 0.15) is 23.6 Å². The van der Waals surface area contributed by atoms with Crippen molar-refractivity contribution in [2.75, 3.05) is 6.54 Å². The van der Waals surface area contributed by atoms with Gasteiger partial charge in [0.25, 0.3) is 11.7 Å². The van der Waals surface area contributed by atoms with Crippen molar-refractivity contribution in [2.24, 2.45) is 0 Å². The molecule has 0 spiro atoms. The molecule has 2 aromatic carbocycles. The molecule has 1 aromatic heterocycles. The van der Waals surface area contributed by atoms with Gasteiger partial charge in [0.15, 0.2) is 0 Å². The van der Waals surface area contributed by atoms with Gasteiger partial charge in [0.05, 0.1) is 17.9 Å². The summed E-state index contributed by atoms with van der Waals surface area (Å²) in [6.07, 6.45) is 5.93. The molecule has 1 aliphatic heterocycles. The zero-order chi connectivity index (χ0) is 21.1. The molecule has 0 saturated carbocycles. The van der Waals surface area contributed by atoms with Crippen molar-refractivity contribution in [2.45, 2.75) is 19.0 Å². The van der Waals surface area contributed by atoms with Crippen molar-refractivity contribution in [1.29, 1.82) is 0 Å². The number of rotatable bonds is 6. The first-order valence-corrected chi connectivity index (χ1v) is 10.4. The summed E-state index contributed by atoms with van der Waals surface area (Å²) in [5.74, 6) is -1.41. The lowest BCUT2D eigenvalue weighted by Gasteiger charge is -2.25. The summed E-state index contributed by atoms with van der Waals surface area (Å²) in [6.45, 7) is 1.06. The molecule has 0 unspecified atom stereocenters. The molecule has 1 aliphatic rings. The summed E-state index contributed by atoms with van der Waals surface area (Å²) in [6, 6.07) is 15.7. The molecule has 6 nitrogen and oxygen atoms in total. The van der Waals surface area contributed by atoms with Crippen LogP contribution in [-0.2, 0) is 16.1 Å². The Hall–Kier alpha value is -3.19. The average molecular weight is 466 g/mol. The zero-order valence-electron chi connectivity index (χ0n) is 16.1. The number of aliphatic hydroxyl groups excluding tert-OH is 1. The smallest absolute Gasteiger partial charge is 0.295 e. The van der Waals surface area contributed by atoms with Crippen molar-refractivity contribution < 1.29 is 14.7 Å². The highest BCUT2D eigenvalue weighted by molar-refractivity contribution is 9.10. The zero-order valence-corrected chi connectivity index (χ0v) is 17.7. The van der Waals surface area contributed by atoms with Gasteiger partial charge in [-0.25, -0.2) is 4.98 Å². The number of nitrogens with zero attached hydrogens (tertiary/aromatic N) is 3. The largest absolute Gasteiger partial charge is 0.507 e. The Morgan fingerprint density at radius 3 is 2.43 bits per heavy atom. The molecule has 1 N–H and O–H groups in total. The van der Waals surface area contributed by atoms with Gasteiger partial charge in [0.2, 0.25) is 0 Å². The van der Waals surface area contributed by atoms with Crippen molar-refractivity contribution in [3.05, 3.63) is 94.5 Å². The SMILES string of the molecule is O=C1C(=O)N(CCCn2ccnc2)[C@H](c2ccc(Br)cc2)C1=C(O)c1ccccc1. The molecular formula is C23H20BrN3O3. The van der Waals surface area contributed by atoms with Crippen molar-refractivity contribution in [1.82, 2.24) is 14.5 Å². The Labute approximate surface area is 182 Å². The van der Waals surface area contributed by atoms with Crippen LogP contribution in [0, 0.1) is 0 Å². The molecule has 1 atom stereocenters. The van der Waals surface area contributed by atoms with Gasteiger partial charge in [-0.2, -0.15) is 0 Å². The van der Waals surface area contributed by atoms with Crippen molar-refractivity contribution >= 4 is 33.4 Å². The lowest BCUT2D eigenvalue weighted by atomic mass is 9.95. The van der Waals surface area contributed by atoms with E-state index in [1.54, 1.807) is 41.7 Å². The highest BCUT2D eigenvalue weighted by atomic mass is 79.9. The molecular weight excluding hydrogens is 446 g/mol. The summed E-state index contributed by atoms with van der Waals surface area (Å²) in [5.41, 5.74) is 1.41. The van der Waals surface area contributed by atoms with Gasteiger partial charge in [0.1, 0.15) is 5.76 Å². The minimum Gasteiger partial charge on any atom is -0.507 e. The summed E-state index contributed by atoms with van der Waals surface area (Å²) in [7, 11) is 0. The molecule has 4 rings (SSSR count). The standard InChI is InChI=1S/C23H20BrN3O3/c24-18-9-7-16(8-10-18)20-19(21(28)17-5-2-1-3-6-17)22(29)23(30)27(20)13-4-12-26-14-11-25-15-26/h1-3,5-11,14-15,20,28H,4,12-13H2/t20-/m1/s1. The third-order valence-corrected chi connectivity index (χ3v) is 5.68. The molecule has 152 valence electrons. The third-order valence-electron chi connectivity index (χ3n) is 5.15. The van der Waals surface area contributed by atoms with Crippen molar-refractivity contribution in [3.8, 4) is 0 Å². The number of likely N-dealkylation sites (tertiary alicyclic amines) is 1. The predicted molar refractivity (Wildman–Crippen MR) is 116 cm³/mol. The number of aryl methyl sites for hydroxylation is 1. The van der Waals surface area contributed by atoms with E-state index >= 15 is 0 Å². The maximum absolute atomic E-state index is 12.9. The van der Waals surface area contributed by atoms with Crippen LogP contribution in [0.4, 0.5) is 0 Å². The number of Topliss-reactive ketones (excluding diaryl/α,β-unsaturated/α-hetero) is 1. The van der Waals surface area contributed by atoms with Gasteiger partial charge in [0, 0.05) is 35.5 Å². The fourth-order valence-corrected chi connectivity index (χ4v) is 3.96. The maximum atomic E-state index is 12.9. The van der Waals surface area contributed by atoms with E-state index in [1.807, 2.05) is 41.1 Å². The molecule has 0 radical (unpaired) electrons. The molecule has 7 heteroatoms. The van der Waals surface area contributed by atoms with Crippen LogP contribution in [0.3, 0.4) is 0 Å². The number of imidazole rings is 1. The first-order valence-electron chi connectivity index (χ1n) is 9.61. The van der Waals surface area contributed by atoms with Gasteiger partial charge in [-0.3, -0.25) is 9.59 Å². The number of ketones is 1. The summed E-state index contributed by atoms with van der Waals surface area (Å²) in [5, 5.41) is 10.9. The molecule has 3 aromatic rings. The van der Waals surface area contributed by atoms with Crippen LogP contribution < -0.4 is 0 Å².